The number of esters is 1. The van der Waals surface area contributed by atoms with E-state index in [9.17, 15) is 19.8 Å². The normalized spacial score (nSPS) is 13.4. The highest BCUT2D eigenvalue weighted by Gasteiger charge is 2.24. The average molecular weight is 941 g/mol. The van der Waals surface area contributed by atoms with Crippen molar-refractivity contribution in [1.82, 2.24) is 5.32 Å². The van der Waals surface area contributed by atoms with Crippen LogP contribution >= 0.6 is 0 Å². The number of carbonyl (C=O) groups is 2. The lowest BCUT2D eigenvalue weighted by Crippen LogP contribution is -2.46. The molecule has 0 aliphatic heterocycles. The van der Waals surface area contributed by atoms with Crippen LogP contribution in [0.5, 0.6) is 0 Å². The van der Waals surface area contributed by atoms with Crippen molar-refractivity contribution in [3.63, 3.8) is 0 Å². The maximum absolute atomic E-state index is 13.3. The van der Waals surface area contributed by atoms with Crippen LogP contribution in [0.1, 0.15) is 303 Å². The predicted octanol–water partition coefficient (Wildman–Crippen LogP) is 18.2. The largest absolute Gasteiger partial charge is 0.462 e. The molecule has 0 spiro atoms. The predicted molar refractivity (Wildman–Crippen MR) is 292 cm³/mol. The monoisotopic (exact) mass is 940 g/mol. The number of hydrogen-bond donors (Lipinski definition) is 3. The number of ether oxygens (including phenoxy) is 1. The quantitative estimate of drug-likeness (QED) is 0.0321. The molecule has 3 unspecified atom stereocenters. The minimum absolute atomic E-state index is 0.0712. The van der Waals surface area contributed by atoms with Gasteiger partial charge in [-0.1, -0.05) is 288 Å². The van der Waals surface area contributed by atoms with E-state index in [0.717, 1.165) is 77.0 Å². The van der Waals surface area contributed by atoms with Gasteiger partial charge < -0.3 is 20.3 Å². The fraction of sp³-hybridized carbons (Fsp3) is 0.836. The fourth-order valence-electron chi connectivity index (χ4n) is 9.03. The summed E-state index contributed by atoms with van der Waals surface area (Å²) in [4.78, 5) is 26.3. The number of aliphatic hydroxyl groups excluding tert-OH is 2. The minimum Gasteiger partial charge on any atom is -0.462 e. The van der Waals surface area contributed by atoms with E-state index >= 15 is 0 Å². The van der Waals surface area contributed by atoms with E-state index in [1.54, 1.807) is 0 Å². The third-order valence-corrected chi connectivity index (χ3v) is 13.5. The lowest BCUT2D eigenvalue weighted by atomic mass is 10.0. The second-order valence-corrected chi connectivity index (χ2v) is 20.1. The molecule has 6 nitrogen and oxygen atoms in total. The molecule has 3 atom stereocenters. The molecule has 0 saturated carbocycles. The summed E-state index contributed by atoms with van der Waals surface area (Å²) in [5.74, 6) is -0.485. The molecule has 0 aliphatic rings. The number of nitrogens with one attached hydrogen (secondary N) is 1. The van der Waals surface area contributed by atoms with Crippen LogP contribution in [0.4, 0.5) is 0 Å². The zero-order valence-corrected chi connectivity index (χ0v) is 44.8. The third kappa shape index (κ3) is 50.0. The van der Waals surface area contributed by atoms with Gasteiger partial charge >= 0.3 is 5.97 Å². The van der Waals surface area contributed by atoms with E-state index in [1.165, 1.54) is 180 Å². The second kappa shape index (κ2) is 54.8. The highest BCUT2D eigenvalue weighted by atomic mass is 16.5. The summed E-state index contributed by atoms with van der Waals surface area (Å²) in [6, 6.07) is -0.706. The Balaban J connectivity index is 4.59. The van der Waals surface area contributed by atoms with Crippen LogP contribution in [0, 0.1) is 0 Å². The number of carbonyl (C=O) groups excluding carboxylic acids is 2. The first-order chi connectivity index (χ1) is 33.0. The van der Waals surface area contributed by atoms with E-state index in [4.69, 9.17) is 4.74 Å². The van der Waals surface area contributed by atoms with Crippen molar-refractivity contribution < 1.29 is 24.5 Å². The van der Waals surface area contributed by atoms with Gasteiger partial charge in [-0.25, -0.2) is 0 Å². The third-order valence-electron chi connectivity index (χ3n) is 13.5. The van der Waals surface area contributed by atoms with Gasteiger partial charge in [-0.15, -0.1) is 0 Å². The Labute approximate surface area is 416 Å². The van der Waals surface area contributed by atoms with E-state index in [2.05, 4.69) is 74.7 Å². The number of aliphatic hydroxyl groups is 2. The molecule has 1 amide bonds. The minimum atomic E-state index is -0.791. The molecule has 0 aromatic carbocycles. The Morgan fingerprint density at radius 1 is 0.433 bits per heavy atom. The van der Waals surface area contributed by atoms with Crippen molar-refractivity contribution in [2.45, 2.75) is 322 Å². The number of amides is 1. The molecule has 0 aromatic heterocycles. The Morgan fingerprint density at radius 3 is 1.18 bits per heavy atom. The average Bonchev–Trinajstić information content (AvgIpc) is 3.32. The maximum atomic E-state index is 13.3. The van der Waals surface area contributed by atoms with Gasteiger partial charge in [0, 0.05) is 6.42 Å². The zero-order valence-electron chi connectivity index (χ0n) is 44.8. The van der Waals surface area contributed by atoms with Crippen molar-refractivity contribution in [1.29, 1.82) is 0 Å². The molecule has 0 bridgehead atoms. The van der Waals surface area contributed by atoms with E-state index in [0.29, 0.717) is 19.3 Å². The SMILES string of the molecule is CCCCC/C=C/C=C/C=C/C=C/CCCCCCCC(=O)OC(CCCCCCCCCCCCCCCCCCC)CC(=O)NC(CO)C(O)CCCCCCCCCCCCCCC. The van der Waals surface area contributed by atoms with Crippen LogP contribution in [0.2, 0.25) is 0 Å². The van der Waals surface area contributed by atoms with Gasteiger partial charge in [-0.3, -0.25) is 9.59 Å². The van der Waals surface area contributed by atoms with Crippen LogP contribution in [0.15, 0.2) is 48.6 Å². The molecule has 6 heteroatoms. The van der Waals surface area contributed by atoms with Gasteiger partial charge in [-0.2, -0.15) is 0 Å². The summed E-state index contributed by atoms with van der Waals surface area (Å²) < 4.78 is 5.96. The molecule has 3 N–H and O–H groups in total. The molecular formula is C61H113NO5. The summed E-state index contributed by atoms with van der Waals surface area (Å²) in [5, 5.41) is 23.9. The van der Waals surface area contributed by atoms with E-state index < -0.39 is 18.2 Å². The van der Waals surface area contributed by atoms with Crippen molar-refractivity contribution in [3.05, 3.63) is 48.6 Å². The lowest BCUT2D eigenvalue weighted by Gasteiger charge is -2.24. The Kier molecular flexibility index (Phi) is 53.0. The summed E-state index contributed by atoms with van der Waals surface area (Å²) in [6.07, 6.45) is 67.4. The summed E-state index contributed by atoms with van der Waals surface area (Å²) in [5.41, 5.74) is 0. The Hall–Kier alpha value is -2.18. The molecule has 0 radical (unpaired) electrons. The molecule has 392 valence electrons. The first-order valence-electron chi connectivity index (χ1n) is 29.4. The zero-order chi connectivity index (χ0) is 48.8. The number of allylic oxidation sites excluding steroid dienone is 8. The number of unbranched alkanes of at least 4 members (excludes halogenated alkanes) is 36. The van der Waals surface area contributed by atoms with Gasteiger partial charge in [0.15, 0.2) is 0 Å². The molecule has 67 heavy (non-hydrogen) atoms. The first kappa shape index (κ1) is 64.8. The Morgan fingerprint density at radius 2 is 0.761 bits per heavy atom. The lowest BCUT2D eigenvalue weighted by molar-refractivity contribution is -0.151. The van der Waals surface area contributed by atoms with Gasteiger partial charge in [0.1, 0.15) is 6.10 Å². The number of rotatable bonds is 53. The summed E-state index contributed by atoms with van der Waals surface area (Å²) >= 11 is 0. The van der Waals surface area contributed by atoms with Crippen LogP contribution in [-0.4, -0.2) is 46.9 Å². The fourth-order valence-corrected chi connectivity index (χ4v) is 9.03. The molecule has 0 aromatic rings. The summed E-state index contributed by atoms with van der Waals surface area (Å²) in [6.45, 7) is 6.48. The van der Waals surface area contributed by atoms with Gasteiger partial charge in [0.2, 0.25) is 5.91 Å². The van der Waals surface area contributed by atoms with Crippen molar-refractivity contribution >= 4 is 11.9 Å². The van der Waals surface area contributed by atoms with Crippen molar-refractivity contribution in [2.75, 3.05) is 6.61 Å². The van der Waals surface area contributed by atoms with Gasteiger partial charge in [0.25, 0.3) is 0 Å². The van der Waals surface area contributed by atoms with Crippen LogP contribution < -0.4 is 5.32 Å². The van der Waals surface area contributed by atoms with Crippen molar-refractivity contribution in [2.24, 2.45) is 0 Å². The Bertz CT molecular complexity index is 1150. The van der Waals surface area contributed by atoms with Gasteiger partial charge in [0.05, 0.1) is 25.2 Å². The second-order valence-electron chi connectivity index (χ2n) is 20.1. The van der Waals surface area contributed by atoms with Crippen LogP contribution in [-0.2, 0) is 14.3 Å². The smallest absolute Gasteiger partial charge is 0.306 e. The van der Waals surface area contributed by atoms with Gasteiger partial charge in [-0.05, 0) is 51.4 Å². The van der Waals surface area contributed by atoms with Crippen LogP contribution in [0.25, 0.3) is 0 Å². The van der Waals surface area contributed by atoms with E-state index in [-0.39, 0.29) is 24.9 Å². The maximum Gasteiger partial charge on any atom is 0.306 e. The standard InChI is InChI=1S/C61H113NO5/c1-4-7-10-13-16-19-22-25-27-29-31-33-36-39-42-45-48-51-54-61(66)67-57(52-49-46-43-40-37-35-32-30-28-26-23-20-17-14-11-8-5-2)55-60(65)62-58(56-63)59(64)53-50-47-44-41-38-34-24-21-18-15-12-9-6-3/h16,19,22,25,27,29,31,33,57-59,63-64H,4-15,17-18,20-21,23-24,26,28,30,32,34-56H2,1-3H3,(H,62,65)/b19-16+,25-22+,29-27+,33-31+. The molecule has 0 fully saturated rings. The molecule has 0 rings (SSSR count). The number of hydrogen-bond acceptors (Lipinski definition) is 5. The van der Waals surface area contributed by atoms with Crippen LogP contribution in [0.3, 0.4) is 0 Å². The highest BCUT2D eigenvalue weighted by Crippen LogP contribution is 2.19. The molecular weight excluding hydrogens is 827 g/mol. The topological polar surface area (TPSA) is 95.9 Å². The molecule has 0 saturated heterocycles. The molecule has 0 aliphatic carbocycles. The van der Waals surface area contributed by atoms with E-state index in [1.807, 2.05) is 0 Å². The van der Waals surface area contributed by atoms with Crippen molar-refractivity contribution in [3.8, 4) is 0 Å². The summed E-state index contributed by atoms with van der Waals surface area (Å²) in [7, 11) is 0. The first-order valence-corrected chi connectivity index (χ1v) is 29.4. The highest BCUT2D eigenvalue weighted by molar-refractivity contribution is 5.77. The molecule has 0 heterocycles.